The summed E-state index contributed by atoms with van der Waals surface area (Å²) in [7, 11) is 0. The molecule has 1 aromatic rings. The van der Waals surface area contributed by atoms with Crippen LogP contribution in [0.15, 0.2) is 9.59 Å². The number of hydrogen-bond donors (Lipinski definition) is 1. The standard InChI is InChI=1S/C20H30N2O4/c1-4-26-20(25)14-8-10-22(11-9-14)17-16(18(23)19(17)24)21-15-7-5-6-12(2)13(15)3/h12-15,21H,4-11H2,1-3H3. The number of hydrogen-bond acceptors (Lipinski definition) is 6. The van der Waals surface area contributed by atoms with E-state index in [1.165, 1.54) is 6.42 Å². The van der Waals surface area contributed by atoms with Gasteiger partial charge in [-0.25, -0.2) is 0 Å². The molecule has 6 nitrogen and oxygen atoms in total. The Labute approximate surface area is 154 Å². The van der Waals surface area contributed by atoms with Crippen LogP contribution in [-0.4, -0.2) is 31.7 Å². The molecule has 0 spiro atoms. The average molecular weight is 362 g/mol. The van der Waals surface area contributed by atoms with Gasteiger partial charge in [-0.1, -0.05) is 26.7 Å². The van der Waals surface area contributed by atoms with Crippen molar-refractivity contribution in [3.8, 4) is 0 Å². The van der Waals surface area contributed by atoms with E-state index in [-0.39, 0.29) is 17.9 Å². The van der Waals surface area contributed by atoms with E-state index in [0.29, 0.717) is 55.7 Å². The van der Waals surface area contributed by atoms with Gasteiger partial charge in [0.1, 0.15) is 11.4 Å². The van der Waals surface area contributed by atoms with Gasteiger partial charge in [0, 0.05) is 19.1 Å². The van der Waals surface area contributed by atoms with Gasteiger partial charge >= 0.3 is 5.97 Å². The van der Waals surface area contributed by atoms with Gasteiger partial charge in [0.25, 0.3) is 10.9 Å². The fourth-order valence-corrected chi connectivity index (χ4v) is 4.39. The third-order valence-corrected chi connectivity index (χ3v) is 6.35. The van der Waals surface area contributed by atoms with Gasteiger partial charge in [-0.15, -0.1) is 0 Å². The van der Waals surface area contributed by atoms with Crippen LogP contribution < -0.4 is 21.1 Å². The van der Waals surface area contributed by atoms with Crippen molar-refractivity contribution in [1.82, 2.24) is 0 Å². The Bertz CT molecular complexity index is 714. The molecule has 1 saturated carbocycles. The second-order valence-electron chi connectivity index (χ2n) is 7.91. The van der Waals surface area contributed by atoms with Crippen LogP contribution in [0.4, 0.5) is 11.4 Å². The van der Waals surface area contributed by atoms with Gasteiger partial charge in [0.05, 0.1) is 12.5 Å². The van der Waals surface area contributed by atoms with Crippen molar-refractivity contribution < 1.29 is 9.53 Å². The Morgan fingerprint density at radius 3 is 2.46 bits per heavy atom. The van der Waals surface area contributed by atoms with E-state index < -0.39 is 10.9 Å². The molecule has 26 heavy (non-hydrogen) atoms. The molecular formula is C20H30N2O4. The molecule has 1 aromatic carbocycles. The first kappa shape index (κ1) is 18.9. The number of carbonyl (C=O) groups excluding carboxylic acids is 1. The summed E-state index contributed by atoms with van der Waals surface area (Å²) in [6, 6.07) is 0.248. The Morgan fingerprint density at radius 1 is 1.12 bits per heavy atom. The first-order valence-corrected chi connectivity index (χ1v) is 9.95. The summed E-state index contributed by atoms with van der Waals surface area (Å²) in [5.41, 5.74) is 0.245. The third-order valence-electron chi connectivity index (χ3n) is 6.35. The Morgan fingerprint density at radius 2 is 1.81 bits per heavy atom. The monoisotopic (exact) mass is 362 g/mol. The predicted molar refractivity (Wildman–Crippen MR) is 103 cm³/mol. The molecule has 1 aliphatic heterocycles. The lowest BCUT2D eigenvalue weighted by atomic mass is 9.78. The van der Waals surface area contributed by atoms with Crippen molar-refractivity contribution >= 4 is 17.3 Å². The quantitative estimate of drug-likeness (QED) is 0.640. The van der Waals surface area contributed by atoms with E-state index in [1.54, 1.807) is 0 Å². The zero-order chi connectivity index (χ0) is 18.8. The van der Waals surface area contributed by atoms with Gasteiger partial charge in [-0.3, -0.25) is 14.4 Å². The molecule has 0 amide bonds. The molecule has 3 rings (SSSR count). The number of ether oxygens (including phenoxy) is 1. The Balaban J connectivity index is 1.67. The maximum absolute atomic E-state index is 12.2. The molecule has 1 aliphatic carbocycles. The van der Waals surface area contributed by atoms with E-state index >= 15 is 0 Å². The molecular weight excluding hydrogens is 332 g/mol. The molecule has 1 saturated heterocycles. The molecule has 0 radical (unpaired) electrons. The van der Waals surface area contributed by atoms with E-state index in [9.17, 15) is 14.4 Å². The third kappa shape index (κ3) is 3.51. The molecule has 0 aromatic heterocycles. The molecule has 0 bridgehead atoms. The number of rotatable bonds is 5. The molecule has 2 aliphatic rings. The van der Waals surface area contributed by atoms with Crippen LogP contribution in [0.5, 0.6) is 0 Å². The summed E-state index contributed by atoms with van der Waals surface area (Å²) < 4.78 is 5.10. The van der Waals surface area contributed by atoms with Gasteiger partial charge in [0.2, 0.25) is 0 Å². The smallest absolute Gasteiger partial charge is 0.309 e. The van der Waals surface area contributed by atoms with Crippen LogP contribution in [0.2, 0.25) is 0 Å². The van der Waals surface area contributed by atoms with Crippen molar-refractivity contribution in [2.24, 2.45) is 17.8 Å². The summed E-state index contributed by atoms with van der Waals surface area (Å²) in [5, 5.41) is 3.39. The number of anilines is 2. The number of nitrogens with zero attached hydrogens (tertiary/aromatic N) is 1. The molecule has 6 heteroatoms. The number of carbonyl (C=O) groups is 1. The molecule has 144 valence electrons. The molecule has 3 unspecified atom stereocenters. The summed E-state index contributed by atoms with van der Waals surface area (Å²) >= 11 is 0. The highest BCUT2D eigenvalue weighted by molar-refractivity contribution is 5.77. The minimum absolute atomic E-state index is 0.103. The fraction of sp³-hybridized carbons (Fsp3) is 0.750. The van der Waals surface area contributed by atoms with E-state index in [1.807, 2.05) is 11.8 Å². The van der Waals surface area contributed by atoms with Crippen LogP contribution in [0, 0.1) is 17.8 Å². The summed E-state index contributed by atoms with van der Waals surface area (Å²) in [6.07, 6.45) is 4.73. The zero-order valence-electron chi connectivity index (χ0n) is 16.0. The molecule has 2 fully saturated rings. The van der Waals surface area contributed by atoms with E-state index in [4.69, 9.17) is 4.74 Å². The Kier molecular flexibility index (Phi) is 5.68. The average Bonchev–Trinajstić information content (AvgIpc) is 2.65. The van der Waals surface area contributed by atoms with Crippen LogP contribution in [0.1, 0.15) is 52.9 Å². The predicted octanol–water partition coefficient (Wildman–Crippen LogP) is 2.30. The second kappa shape index (κ2) is 7.80. The van der Waals surface area contributed by atoms with Crippen molar-refractivity contribution in [2.75, 3.05) is 29.9 Å². The number of esters is 1. The highest BCUT2D eigenvalue weighted by Crippen LogP contribution is 2.34. The van der Waals surface area contributed by atoms with Crippen LogP contribution in [0.3, 0.4) is 0 Å². The lowest BCUT2D eigenvalue weighted by Crippen LogP contribution is -2.48. The SMILES string of the molecule is CCOC(=O)C1CCN(c2c(NC3CCCC(C)C3C)c(=O)c2=O)CC1. The lowest BCUT2D eigenvalue weighted by molar-refractivity contribution is -0.148. The number of piperidine rings is 1. The highest BCUT2D eigenvalue weighted by Gasteiger charge is 2.34. The second-order valence-corrected chi connectivity index (χ2v) is 7.91. The van der Waals surface area contributed by atoms with Crippen molar-refractivity contribution in [1.29, 1.82) is 0 Å². The van der Waals surface area contributed by atoms with Gasteiger partial charge in [-0.2, -0.15) is 0 Å². The van der Waals surface area contributed by atoms with Crippen LogP contribution in [0.25, 0.3) is 0 Å². The highest BCUT2D eigenvalue weighted by atomic mass is 16.5. The van der Waals surface area contributed by atoms with Crippen molar-refractivity contribution in [3.05, 3.63) is 20.4 Å². The molecule has 1 heterocycles. The van der Waals surface area contributed by atoms with E-state index in [0.717, 1.165) is 12.8 Å². The summed E-state index contributed by atoms with van der Waals surface area (Å²) in [5.74, 6) is 0.848. The maximum Gasteiger partial charge on any atom is 0.309 e. The minimum Gasteiger partial charge on any atom is -0.466 e. The largest absolute Gasteiger partial charge is 0.466 e. The molecule has 1 N–H and O–H groups in total. The van der Waals surface area contributed by atoms with Gasteiger partial charge in [-0.05, 0) is 38.0 Å². The maximum atomic E-state index is 12.2. The van der Waals surface area contributed by atoms with Gasteiger partial charge in [0.15, 0.2) is 0 Å². The van der Waals surface area contributed by atoms with Crippen molar-refractivity contribution in [2.45, 2.75) is 58.9 Å². The van der Waals surface area contributed by atoms with Gasteiger partial charge < -0.3 is 15.0 Å². The zero-order valence-corrected chi connectivity index (χ0v) is 16.0. The Hall–Kier alpha value is -1.85. The number of nitrogens with one attached hydrogen (secondary N) is 1. The lowest BCUT2D eigenvalue weighted by Gasteiger charge is -2.38. The van der Waals surface area contributed by atoms with Crippen molar-refractivity contribution in [3.63, 3.8) is 0 Å². The molecule has 3 atom stereocenters. The normalized spacial score (nSPS) is 27.5. The fourth-order valence-electron chi connectivity index (χ4n) is 4.39. The van der Waals surface area contributed by atoms with E-state index in [2.05, 4.69) is 19.2 Å². The first-order chi connectivity index (χ1) is 12.4. The summed E-state index contributed by atoms with van der Waals surface area (Å²) in [6.45, 7) is 7.89. The van der Waals surface area contributed by atoms with Crippen LogP contribution >= 0.6 is 0 Å². The summed E-state index contributed by atoms with van der Waals surface area (Å²) in [4.78, 5) is 38.2. The first-order valence-electron chi connectivity index (χ1n) is 9.95. The minimum atomic E-state index is -0.391. The topological polar surface area (TPSA) is 75.7 Å². The van der Waals surface area contributed by atoms with Crippen LogP contribution in [-0.2, 0) is 9.53 Å².